The lowest BCUT2D eigenvalue weighted by atomic mass is 10.6. The molecular weight excluding hydrogens is 224 g/mol. The summed E-state index contributed by atoms with van der Waals surface area (Å²) in [6, 6.07) is 0. The molecule has 0 aromatic rings. The van der Waals surface area contributed by atoms with Crippen molar-refractivity contribution in [3.05, 3.63) is 0 Å². The Labute approximate surface area is 75.0 Å². The third kappa shape index (κ3) is 7.90. The second-order valence-corrected chi connectivity index (χ2v) is 4.61. The van der Waals surface area contributed by atoms with Crippen LogP contribution in [0.5, 0.6) is 0 Å². The normalized spacial score (nSPS) is 15.6. The topological polar surface area (TPSA) is 92.7 Å². The zero-order chi connectivity index (χ0) is 10.5. The maximum absolute atomic E-state index is 11.9. The van der Waals surface area contributed by atoms with Gasteiger partial charge in [-0.1, -0.05) is 10.4 Å². The van der Waals surface area contributed by atoms with Gasteiger partial charge in [0.1, 0.15) is 6.61 Å². The highest BCUT2D eigenvalue weighted by molar-refractivity contribution is 7.90. The van der Waals surface area contributed by atoms with Crippen molar-refractivity contribution in [3.63, 3.8) is 0 Å². The van der Waals surface area contributed by atoms with Gasteiger partial charge in [-0.25, -0.2) is 8.75 Å². The van der Waals surface area contributed by atoms with Crippen molar-refractivity contribution in [1.82, 2.24) is 4.49 Å². The van der Waals surface area contributed by atoms with Crippen LogP contribution in [0.4, 0.5) is 4.20 Å². The maximum Gasteiger partial charge on any atom is 0.455 e. The summed E-state index contributed by atoms with van der Waals surface area (Å²) in [6.07, 6.45) is 0. The Morgan fingerprint density at radius 3 is 2.62 bits per heavy atom. The van der Waals surface area contributed by atoms with E-state index in [9.17, 15) is 17.2 Å². The van der Waals surface area contributed by atoms with Crippen molar-refractivity contribution < 1.29 is 26.3 Å². The Morgan fingerprint density at radius 1 is 1.69 bits per heavy atom. The monoisotopic (exact) mass is 231 g/mol. The summed E-state index contributed by atoms with van der Waals surface area (Å²) in [5.74, 6) is 4.52. The van der Waals surface area contributed by atoms with E-state index in [1.807, 2.05) is 0 Å². The fourth-order valence-electron chi connectivity index (χ4n) is 0.343. The molecule has 0 radical (unpaired) electrons. The summed E-state index contributed by atoms with van der Waals surface area (Å²) >= 11 is 0. The number of rotatable bonds is 4. The van der Waals surface area contributed by atoms with E-state index in [0.717, 1.165) is 4.49 Å². The van der Waals surface area contributed by atoms with Gasteiger partial charge in [0.25, 0.3) is 0 Å². The van der Waals surface area contributed by atoms with Crippen LogP contribution in [0.1, 0.15) is 6.92 Å². The quantitative estimate of drug-likeness (QED) is 0.522. The van der Waals surface area contributed by atoms with E-state index in [2.05, 4.69) is 16.0 Å². The lowest BCUT2D eigenvalue weighted by molar-refractivity contribution is 0.353. The summed E-state index contributed by atoms with van der Waals surface area (Å²) in [5.41, 5.74) is 0. The van der Waals surface area contributed by atoms with Crippen LogP contribution in [0.3, 0.4) is 0 Å². The Morgan fingerprint density at radius 2 is 2.23 bits per heavy atom. The Hall–Kier alpha value is -0.450. The van der Waals surface area contributed by atoms with E-state index < -0.39 is 24.7 Å². The first-order chi connectivity index (χ1) is 5.77. The van der Waals surface area contributed by atoms with E-state index in [-0.39, 0.29) is 0 Å². The third-order valence-corrected chi connectivity index (χ3v) is 2.91. The molecule has 1 atom stereocenters. The van der Waals surface area contributed by atoms with Gasteiger partial charge in [0.15, 0.2) is 0 Å². The first kappa shape index (κ1) is 12.6. The highest BCUT2D eigenvalue weighted by Crippen LogP contribution is 2.37. The Kier molecular flexibility index (Phi) is 4.53. The molecule has 0 aromatic heterocycles. The number of hydrogen-bond donors (Lipinski definition) is 2. The molecule has 0 fully saturated rings. The van der Waals surface area contributed by atoms with Crippen LogP contribution in [-0.4, -0.2) is 19.9 Å². The average molecular weight is 231 g/mol. The van der Waals surface area contributed by atoms with Crippen molar-refractivity contribution in [2.75, 3.05) is 6.61 Å². The SMILES string of the molecule is CC#CCOS(=O)(=O)NP(=O)(O)F. The molecule has 13 heavy (non-hydrogen) atoms. The smallest absolute Gasteiger partial charge is 0.309 e. The van der Waals surface area contributed by atoms with Crippen LogP contribution in [0, 0.1) is 11.8 Å². The molecule has 76 valence electrons. The van der Waals surface area contributed by atoms with Crippen LogP contribution in [0.15, 0.2) is 0 Å². The second kappa shape index (κ2) is 4.69. The maximum atomic E-state index is 11.9. The van der Waals surface area contributed by atoms with Crippen molar-refractivity contribution >= 4 is 18.1 Å². The van der Waals surface area contributed by atoms with Gasteiger partial charge >= 0.3 is 18.1 Å². The second-order valence-electron chi connectivity index (χ2n) is 1.74. The first-order valence-electron chi connectivity index (χ1n) is 2.87. The van der Waals surface area contributed by atoms with Gasteiger partial charge in [-0.3, -0.25) is 0 Å². The number of hydrogen-bond acceptors (Lipinski definition) is 4. The summed E-state index contributed by atoms with van der Waals surface area (Å²) in [7, 11) is -9.90. The fourth-order valence-corrected chi connectivity index (χ4v) is 1.87. The van der Waals surface area contributed by atoms with Crippen LogP contribution in [0.2, 0.25) is 0 Å². The molecule has 0 aliphatic heterocycles. The molecule has 0 spiro atoms. The first-order valence-corrected chi connectivity index (χ1v) is 5.83. The molecule has 0 aliphatic rings. The molecule has 0 aliphatic carbocycles. The molecule has 2 N–H and O–H groups in total. The van der Waals surface area contributed by atoms with Gasteiger partial charge in [-0.15, -0.1) is 10.1 Å². The van der Waals surface area contributed by atoms with Crippen molar-refractivity contribution in [3.8, 4) is 11.8 Å². The zero-order valence-electron chi connectivity index (χ0n) is 6.52. The van der Waals surface area contributed by atoms with Crippen LogP contribution < -0.4 is 4.49 Å². The molecule has 9 heteroatoms. The minimum atomic E-state index is -5.35. The Bertz CT molecular complexity index is 362. The summed E-state index contributed by atoms with van der Waals surface area (Å²) in [6.45, 7) is 0.932. The van der Waals surface area contributed by atoms with E-state index in [0.29, 0.717) is 0 Å². The van der Waals surface area contributed by atoms with Gasteiger partial charge in [0.05, 0.1) is 0 Å². The van der Waals surface area contributed by atoms with E-state index in [1.165, 1.54) is 6.92 Å². The molecule has 1 unspecified atom stereocenters. The van der Waals surface area contributed by atoms with Crippen LogP contribution in [-0.2, 0) is 19.1 Å². The summed E-state index contributed by atoms with van der Waals surface area (Å²) in [4.78, 5) is 7.99. The minimum absolute atomic E-state index is 0.508. The van der Waals surface area contributed by atoms with E-state index in [4.69, 9.17) is 4.89 Å². The number of nitrogens with one attached hydrogen (secondary N) is 1. The van der Waals surface area contributed by atoms with Crippen LogP contribution in [0.25, 0.3) is 0 Å². The molecule has 0 saturated heterocycles. The van der Waals surface area contributed by atoms with Crippen molar-refractivity contribution in [2.24, 2.45) is 0 Å². The molecule has 0 amide bonds. The average Bonchev–Trinajstić information content (AvgIpc) is 1.81. The highest BCUT2D eigenvalue weighted by atomic mass is 32.2. The minimum Gasteiger partial charge on any atom is -0.309 e. The highest BCUT2D eigenvalue weighted by Gasteiger charge is 2.25. The zero-order valence-corrected chi connectivity index (χ0v) is 8.23. The predicted molar refractivity (Wildman–Crippen MR) is 42.4 cm³/mol. The predicted octanol–water partition coefficient (Wildman–Crippen LogP) is -0.0694. The lowest BCUT2D eigenvalue weighted by Gasteiger charge is -2.03. The Balaban J connectivity index is 4.24. The molecule has 6 nitrogen and oxygen atoms in total. The van der Waals surface area contributed by atoms with Crippen molar-refractivity contribution in [1.29, 1.82) is 0 Å². The number of halogens is 1. The van der Waals surface area contributed by atoms with Crippen LogP contribution >= 0.6 is 7.83 Å². The summed E-state index contributed by atoms with van der Waals surface area (Å²) in [5, 5.41) is 0. The molecule has 0 heterocycles. The molecule has 0 aromatic carbocycles. The largest absolute Gasteiger partial charge is 0.455 e. The summed E-state index contributed by atoms with van der Waals surface area (Å²) < 4.78 is 47.7. The standard InChI is InChI=1S/C4H7FNO5PS/c1-2-3-4-11-13(9,10)6-12(5,7)8/h4H2,1H3,(H2,6,7,8). The molecule has 0 bridgehead atoms. The van der Waals surface area contributed by atoms with E-state index >= 15 is 0 Å². The van der Waals surface area contributed by atoms with Crippen molar-refractivity contribution in [2.45, 2.75) is 6.92 Å². The fraction of sp³-hybridized carbons (Fsp3) is 0.500. The molecule has 0 saturated carbocycles. The van der Waals surface area contributed by atoms with Gasteiger partial charge in [-0.2, -0.15) is 8.42 Å². The molecular formula is C4H7FNO5PS. The third-order valence-electron chi connectivity index (χ3n) is 0.687. The van der Waals surface area contributed by atoms with E-state index in [1.54, 1.807) is 0 Å². The van der Waals surface area contributed by atoms with Gasteiger partial charge < -0.3 is 4.89 Å². The molecule has 0 rings (SSSR count). The van der Waals surface area contributed by atoms with Gasteiger partial charge in [0, 0.05) is 0 Å². The van der Waals surface area contributed by atoms with Gasteiger partial charge in [0.2, 0.25) is 0 Å². The van der Waals surface area contributed by atoms with Gasteiger partial charge in [-0.05, 0) is 6.92 Å². The lowest BCUT2D eigenvalue weighted by Crippen LogP contribution is -2.21.